The van der Waals surface area contributed by atoms with Crippen LogP contribution in [-0.2, 0) is 4.79 Å². The predicted molar refractivity (Wildman–Crippen MR) is 144 cm³/mol. The second-order valence-electron chi connectivity index (χ2n) is 9.32. The number of nitrogens with one attached hydrogen (secondary N) is 2. The Labute approximate surface area is 229 Å². The number of alkyl halides is 3. The first kappa shape index (κ1) is 30.3. The molecule has 216 valence electrons. The van der Waals surface area contributed by atoms with Crippen molar-refractivity contribution >= 4 is 34.5 Å². The molecule has 0 radical (unpaired) electrons. The molecule has 1 fully saturated rings. The van der Waals surface area contributed by atoms with Crippen LogP contribution in [0.4, 0.5) is 24.9 Å². The fourth-order valence-electron chi connectivity index (χ4n) is 4.28. The van der Waals surface area contributed by atoms with Crippen molar-refractivity contribution in [2.24, 2.45) is 0 Å². The SMILES string of the molecule is COc1ccc(C(=O)NC2CCC(Nc3nc(N(C)C)c4ccccc4n3)CC2)c(OC)c1.O=C(O)C(F)(F)F. The van der Waals surface area contributed by atoms with Crippen LogP contribution >= 0.6 is 0 Å². The van der Waals surface area contributed by atoms with Gasteiger partial charge in [0.2, 0.25) is 5.95 Å². The molecule has 1 amide bonds. The lowest BCUT2D eigenvalue weighted by molar-refractivity contribution is -0.192. The van der Waals surface area contributed by atoms with Gasteiger partial charge in [0.05, 0.1) is 25.3 Å². The number of amides is 1. The molecule has 0 spiro atoms. The number of halogens is 3. The first-order valence-electron chi connectivity index (χ1n) is 12.5. The molecule has 1 aromatic heterocycles. The molecule has 0 aliphatic heterocycles. The van der Waals surface area contributed by atoms with Crippen LogP contribution < -0.4 is 25.0 Å². The standard InChI is InChI=1S/C25H31N5O3.C2HF3O2/c1-30(2)23-19-7-5-6-8-21(19)28-25(29-23)27-17-11-9-16(10-12-17)26-24(31)20-14-13-18(32-3)15-22(20)33-4;3-2(4,5)1(6)7/h5-8,13-17H,9-12H2,1-4H3,(H,26,31)(H,27,28,29);(H,6,7). The minimum atomic E-state index is -5.08. The first-order valence-corrected chi connectivity index (χ1v) is 12.5. The van der Waals surface area contributed by atoms with E-state index in [-0.39, 0.29) is 18.0 Å². The van der Waals surface area contributed by atoms with E-state index in [0.717, 1.165) is 42.4 Å². The van der Waals surface area contributed by atoms with E-state index in [2.05, 4.69) is 10.6 Å². The van der Waals surface area contributed by atoms with Crippen molar-refractivity contribution in [3.8, 4) is 11.5 Å². The van der Waals surface area contributed by atoms with Gasteiger partial charge in [-0.25, -0.2) is 9.78 Å². The van der Waals surface area contributed by atoms with E-state index in [1.54, 1.807) is 32.4 Å². The number of carbonyl (C=O) groups is 2. The van der Waals surface area contributed by atoms with Crippen LogP contribution in [0, 0.1) is 0 Å². The Hall–Kier alpha value is -4.29. The van der Waals surface area contributed by atoms with Gasteiger partial charge in [-0.3, -0.25) is 4.79 Å². The monoisotopic (exact) mass is 563 g/mol. The van der Waals surface area contributed by atoms with Crippen LogP contribution in [0.5, 0.6) is 11.5 Å². The summed E-state index contributed by atoms with van der Waals surface area (Å²) in [5.41, 5.74) is 1.44. The highest BCUT2D eigenvalue weighted by atomic mass is 19.4. The van der Waals surface area contributed by atoms with Crippen molar-refractivity contribution in [3.63, 3.8) is 0 Å². The van der Waals surface area contributed by atoms with Crippen LogP contribution in [0.25, 0.3) is 10.9 Å². The molecule has 0 unspecified atom stereocenters. The van der Waals surface area contributed by atoms with Gasteiger partial charge in [-0.05, 0) is 49.9 Å². The fourth-order valence-corrected chi connectivity index (χ4v) is 4.28. The second-order valence-corrected chi connectivity index (χ2v) is 9.32. The molecular weight excluding hydrogens is 531 g/mol. The fraction of sp³-hybridized carbons (Fsp3) is 0.407. The predicted octanol–water partition coefficient (Wildman–Crippen LogP) is 4.50. The van der Waals surface area contributed by atoms with Crippen molar-refractivity contribution in [3.05, 3.63) is 48.0 Å². The number of hydrogen-bond donors (Lipinski definition) is 3. The number of anilines is 2. The molecule has 1 aliphatic carbocycles. The molecule has 13 heteroatoms. The highest BCUT2D eigenvalue weighted by Crippen LogP contribution is 2.28. The van der Waals surface area contributed by atoms with Gasteiger partial charge < -0.3 is 30.1 Å². The molecule has 0 atom stereocenters. The number of rotatable bonds is 7. The van der Waals surface area contributed by atoms with Gasteiger partial charge in [0.25, 0.3) is 5.91 Å². The summed E-state index contributed by atoms with van der Waals surface area (Å²) >= 11 is 0. The number of carbonyl (C=O) groups excluding carboxylic acids is 1. The van der Waals surface area contributed by atoms with E-state index in [1.807, 2.05) is 43.3 Å². The topological polar surface area (TPSA) is 126 Å². The molecule has 10 nitrogen and oxygen atoms in total. The molecular formula is C27H32F3N5O5. The van der Waals surface area contributed by atoms with Gasteiger partial charge in [-0.15, -0.1) is 0 Å². The Morgan fingerprint density at radius 3 is 2.17 bits per heavy atom. The summed E-state index contributed by atoms with van der Waals surface area (Å²) in [6.07, 6.45) is -1.46. The molecule has 40 heavy (non-hydrogen) atoms. The smallest absolute Gasteiger partial charge is 0.490 e. The third-order valence-corrected chi connectivity index (χ3v) is 6.30. The van der Waals surface area contributed by atoms with E-state index >= 15 is 0 Å². The maximum atomic E-state index is 12.8. The average Bonchev–Trinajstić information content (AvgIpc) is 2.93. The van der Waals surface area contributed by atoms with E-state index < -0.39 is 12.1 Å². The second kappa shape index (κ2) is 13.2. The Bertz CT molecular complexity index is 1330. The highest BCUT2D eigenvalue weighted by Gasteiger charge is 2.38. The van der Waals surface area contributed by atoms with Gasteiger partial charge in [0.15, 0.2) is 0 Å². The summed E-state index contributed by atoms with van der Waals surface area (Å²) in [6, 6.07) is 13.7. The van der Waals surface area contributed by atoms with Crippen molar-refractivity contribution in [2.45, 2.75) is 43.9 Å². The van der Waals surface area contributed by atoms with Gasteiger partial charge in [-0.1, -0.05) is 12.1 Å². The maximum absolute atomic E-state index is 12.8. The molecule has 0 bridgehead atoms. The summed E-state index contributed by atoms with van der Waals surface area (Å²) in [5.74, 6) is -0.173. The Kier molecular flexibility index (Phi) is 9.97. The molecule has 1 aliphatic rings. The van der Waals surface area contributed by atoms with Crippen LogP contribution in [0.1, 0.15) is 36.0 Å². The molecule has 4 rings (SSSR count). The zero-order valence-corrected chi connectivity index (χ0v) is 22.6. The van der Waals surface area contributed by atoms with Gasteiger partial charge in [-0.2, -0.15) is 18.2 Å². The first-order chi connectivity index (χ1) is 18.9. The minimum absolute atomic E-state index is 0.122. The lowest BCUT2D eigenvalue weighted by Crippen LogP contribution is -2.40. The molecule has 3 N–H and O–H groups in total. The largest absolute Gasteiger partial charge is 0.497 e. The average molecular weight is 564 g/mol. The Morgan fingerprint density at radius 1 is 0.975 bits per heavy atom. The summed E-state index contributed by atoms with van der Waals surface area (Å²) in [4.78, 5) is 33.2. The number of carboxylic acid groups (broad SMARTS) is 1. The number of hydrogen-bond acceptors (Lipinski definition) is 8. The van der Waals surface area contributed by atoms with E-state index in [4.69, 9.17) is 29.3 Å². The zero-order valence-electron chi connectivity index (χ0n) is 22.6. The number of fused-ring (bicyclic) bond motifs is 1. The molecule has 3 aromatic rings. The van der Waals surface area contributed by atoms with Crippen molar-refractivity contribution < 1.29 is 37.3 Å². The quantitative estimate of drug-likeness (QED) is 0.381. The van der Waals surface area contributed by atoms with Crippen LogP contribution in [0.15, 0.2) is 42.5 Å². The summed E-state index contributed by atoms with van der Waals surface area (Å²) in [5, 5.41) is 14.8. The third kappa shape index (κ3) is 7.87. The number of aliphatic carboxylic acids is 1. The van der Waals surface area contributed by atoms with Crippen molar-refractivity contribution in [1.82, 2.24) is 15.3 Å². The number of para-hydroxylation sites is 1. The van der Waals surface area contributed by atoms with E-state index in [9.17, 15) is 18.0 Å². The van der Waals surface area contributed by atoms with Crippen molar-refractivity contribution in [1.29, 1.82) is 0 Å². The molecule has 0 saturated heterocycles. The normalized spacial score (nSPS) is 16.8. The third-order valence-electron chi connectivity index (χ3n) is 6.30. The van der Waals surface area contributed by atoms with E-state index in [0.29, 0.717) is 23.0 Å². The van der Waals surface area contributed by atoms with Crippen LogP contribution in [0.2, 0.25) is 0 Å². The lowest BCUT2D eigenvalue weighted by Gasteiger charge is -2.30. The van der Waals surface area contributed by atoms with E-state index in [1.165, 1.54) is 0 Å². The molecule has 1 heterocycles. The number of benzene rings is 2. The Morgan fingerprint density at radius 2 is 1.60 bits per heavy atom. The number of ether oxygens (including phenoxy) is 2. The Balaban J connectivity index is 0.000000559. The zero-order chi connectivity index (χ0) is 29.4. The maximum Gasteiger partial charge on any atom is 0.490 e. The lowest BCUT2D eigenvalue weighted by atomic mass is 9.91. The van der Waals surface area contributed by atoms with Crippen molar-refractivity contribution in [2.75, 3.05) is 38.5 Å². The summed E-state index contributed by atoms with van der Waals surface area (Å²) in [6.45, 7) is 0. The minimum Gasteiger partial charge on any atom is -0.497 e. The number of carboxylic acids is 1. The highest BCUT2D eigenvalue weighted by molar-refractivity contribution is 5.97. The van der Waals surface area contributed by atoms with Crippen LogP contribution in [0.3, 0.4) is 0 Å². The number of methoxy groups -OCH3 is 2. The summed E-state index contributed by atoms with van der Waals surface area (Å²) < 4.78 is 42.3. The van der Waals surface area contributed by atoms with Crippen LogP contribution in [-0.4, -0.2) is 73.5 Å². The summed E-state index contributed by atoms with van der Waals surface area (Å²) in [7, 11) is 7.12. The van der Waals surface area contributed by atoms with Gasteiger partial charge >= 0.3 is 12.1 Å². The molecule has 2 aromatic carbocycles. The molecule has 1 saturated carbocycles. The number of nitrogens with zero attached hydrogens (tertiary/aromatic N) is 3. The van der Waals surface area contributed by atoms with Gasteiger partial charge in [0.1, 0.15) is 17.3 Å². The number of aromatic nitrogens is 2. The van der Waals surface area contributed by atoms with Gasteiger partial charge in [0, 0.05) is 37.6 Å².